The van der Waals surface area contributed by atoms with Crippen LogP contribution in [0, 0.1) is 0 Å². The van der Waals surface area contributed by atoms with Crippen LogP contribution in [0.5, 0.6) is 0 Å². The standard InChI is InChI=1S/C12H8N2O4/c1-17-11(15)6-2-3-7-9(4-6)13-5-8-10(7)14-18-12(8)16/h2-5,14H,1H3. The first-order valence-electron chi connectivity index (χ1n) is 5.19. The van der Waals surface area contributed by atoms with Gasteiger partial charge in [-0.2, -0.15) is 0 Å². The van der Waals surface area contributed by atoms with Crippen molar-refractivity contribution in [1.82, 2.24) is 10.1 Å². The Labute approximate surface area is 100 Å². The summed E-state index contributed by atoms with van der Waals surface area (Å²) in [5.41, 5.74) is 1.10. The molecule has 0 aliphatic heterocycles. The normalized spacial score (nSPS) is 10.9. The predicted octanol–water partition coefficient (Wildman–Crippen LogP) is 1.46. The van der Waals surface area contributed by atoms with Crippen molar-refractivity contribution in [3.05, 3.63) is 40.4 Å². The van der Waals surface area contributed by atoms with Crippen LogP contribution in [0.1, 0.15) is 10.4 Å². The van der Waals surface area contributed by atoms with E-state index in [1.807, 2.05) is 0 Å². The second-order valence-electron chi connectivity index (χ2n) is 3.76. The van der Waals surface area contributed by atoms with E-state index in [9.17, 15) is 9.59 Å². The van der Waals surface area contributed by atoms with Gasteiger partial charge in [-0.25, -0.2) is 14.7 Å². The molecule has 90 valence electrons. The van der Waals surface area contributed by atoms with Gasteiger partial charge in [-0.1, -0.05) is 0 Å². The average molecular weight is 244 g/mol. The third-order valence-corrected chi connectivity index (χ3v) is 2.76. The van der Waals surface area contributed by atoms with Gasteiger partial charge in [0.2, 0.25) is 0 Å². The van der Waals surface area contributed by atoms with Gasteiger partial charge in [0.15, 0.2) is 0 Å². The summed E-state index contributed by atoms with van der Waals surface area (Å²) in [5, 5.41) is 3.65. The highest BCUT2D eigenvalue weighted by Crippen LogP contribution is 2.21. The highest BCUT2D eigenvalue weighted by Gasteiger charge is 2.11. The fourth-order valence-corrected chi connectivity index (χ4v) is 1.86. The van der Waals surface area contributed by atoms with Crippen molar-refractivity contribution in [1.29, 1.82) is 0 Å². The molecule has 0 aliphatic carbocycles. The molecule has 3 rings (SSSR count). The number of fused-ring (bicyclic) bond motifs is 3. The molecule has 18 heavy (non-hydrogen) atoms. The number of pyridine rings is 1. The van der Waals surface area contributed by atoms with Crippen LogP contribution in [-0.4, -0.2) is 23.2 Å². The largest absolute Gasteiger partial charge is 0.465 e. The topological polar surface area (TPSA) is 85.2 Å². The number of carbonyl (C=O) groups excluding carboxylic acids is 1. The van der Waals surface area contributed by atoms with Gasteiger partial charge < -0.3 is 9.26 Å². The minimum Gasteiger partial charge on any atom is -0.465 e. The molecule has 2 heterocycles. The monoisotopic (exact) mass is 244 g/mol. The van der Waals surface area contributed by atoms with Crippen molar-refractivity contribution in [3.63, 3.8) is 0 Å². The minimum absolute atomic E-state index is 0.383. The number of methoxy groups -OCH3 is 1. The highest BCUT2D eigenvalue weighted by atomic mass is 16.5. The molecule has 2 aromatic heterocycles. The van der Waals surface area contributed by atoms with E-state index in [4.69, 9.17) is 4.52 Å². The van der Waals surface area contributed by atoms with Gasteiger partial charge in [0.1, 0.15) is 5.39 Å². The maximum atomic E-state index is 11.4. The van der Waals surface area contributed by atoms with Crippen LogP contribution in [0.3, 0.4) is 0 Å². The first-order chi connectivity index (χ1) is 8.70. The Hall–Kier alpha value is -2.63. The zero-order chi connectivity index (χ0) is 12.7. The summed E-state index contributed by atoms with van der Waals surface area (Å²) in [5.74, 6) is -0.431. The molecule has 0 bridgehead atoms. The number of H-pyrrole nitrogens is 1. The average Bonchev–Trinajstić information content (AvgIpc) is 2.79. The number of nitrogens with zero attached hydrogens (tertiary/aromatic N) is 1. The second kappa shape index (κ2) is 3.69. The SMILES string of the molecule is COC(=O)c1ccc2c(c1)ncc1c(=O)o[nH]c12. The van der Waals surface area contributed by atoms with Gasteiger partial charge in [-0.05, 0) is 18.2 Å². The molecule has 0 spiro atoms. The smallest absolute Gasteiger partial charge is 0.366 e. The maximum absolute atomic E-state index is 11.4. The Balaban J connectivity index is 2.34. The third kappa shape index (κ3) is 1.39. The van der Waals surface area contributed by atoms with Gasteiger partial charge in [-0.3, -0.25) is 4.98 Å². The fourth-order valence-electron chi connectivity index (χ4n) is 1.86. The summed E-state index contributed by atoms with van der Waals surface area (Å²) in [4.78, 5) is 26.9. The van der Waals surface area contributed by atoms with Crippen molar-refractivity contribution < 1.29 is 14.1 Å². The molecule has 3 aromatic rings. The third-order valence-electron chi connectivity index (χ3n) is 2.76. The second-order valence-corrected chi connectivity index (χ2v) is 3.76. The summed E-state index contributed by atoms with van der Waals surface area (Å²) in [6.07, 6.45) is 1.42. The van der Waals surface area contributed by atoms with Crippen molar-refractivity contribution in [2.45, 2.75) is 0 Å². The fraction of sp³-hybridized carbons (Fsp3) is 0.0833. The maximum Gasteiger partial charge on any atom is 0.366 e. The molecule has 1 aromatic carbocycles. The number of benzene rings is 1. The number of hydrogen-bond donors (Lipinski definition) is 1. The number of nitrogens with one attached hydrogen (secondary N) is 1. The quantitative estimate of drug-likeness (QED) is 0.655. The molecule has 0 amide bonds. The van der Waals surface area contributed by atoms with E-state index < -0.39 is 11.6 Å². The van der Waals surface area contributed by atoms with E-state index in [-0.39, 0.29) is 0 Å². The number of hydrogen-bond acceptors (Lipinski definition) is 5. The Morgan fingerprint density at radius 1 is 1.39 bits per heavy atom. The molecule has 0 aliphatic rings. The van der Waals surface area contributed by atoms with Gasteiger partial charge in [0.25, 0.3) is 0 Å². The Morgan fingerprint density at radius 2 is 2.22 bits per heavy atom. The van der Waals surface area contributed by atoms with E-state index in [2.05, 4.69) is 14.9 Å². The lowest BCUT2D eigenvalue weighted by Gasteiger charge is -2.01. The van der Waals surface area contributed by atoms with Crippen molar-refractivity contribution in [2.24, 2.45) is 0 Å². The van der Waals surface area contributed by atoms with Crippen molar-refractivity contribution in [3.8, 4) is 0 Å². The van der Waals surface area contributed by atoms with Crippen LogP contribution < -0.4 is 5.63 Å². The van der Waals surface area contributed by atoms with Crippen LogP contribution in [0.15, 0.2) is 33.7 Å². The summed E-state index contributed by atoms with van der Waals surface area (Å²) in [7, 11) is 1.32. The number of ether oxygens (including phenoxy) is 1. The van der Waals surface area contributed by atoms with Crippen LogP contribution in [-0.2, 0) is 4.74 Å². The van der Waals surface area contributed by atoms with Crippen LogP contribution in [0.25, 0.3) is 21.8 Å². The highest BCUT2D eigenvalue weighted by molar-refractivity contribution is 6.04. The van der Waals surface area contributed by atoms with Gasteiger partial charge in [0.05, 0.1) is 23.7 Å². The summed E-state index contributed by atoms with van der Waals surface area (Å²) in [6, 6.07) is 4.91. The first-order valence-corrected chi connectivity index (χ1v) is 5.19. The summed E-state index contributed by atoms with van der Waals surface area (Å²) < 4.78 is 9.34. The van der Waals surface area contributed by atoms with E-state index in [0.717, 1.165) is 0 Å². The molecular formula is C12H8N2O4. The molecule has 6 heteroatoms. The lowest BCUT2D eigenvalue weighted by Crippen LogP contribution is -2.01. The number of rotatable bonds is 1. The van der Waals surface area contributed by atoms with E-state index in [1.165, 1.54) is 13.3 Å². The molecule has 0 saturated carbocycles. The van der Waals surface area contributed by atoms with Gasteiger partial charge in [0, 0.05) is 11.6 Å². The van der Waals surface area contributed by atoms with E-state index in [0.29, 0.717) is 27.4 Å². The predicted molar refractivity (Wildman–Crippen MR) is 63.5 cm³/mol. The molecule has 0 unspecified atom stereocenters. The minimum atomic E-state index is -0.462. The Bertz CT molecular complexity index is 816. The Kier molecular flexibility index (Phi) is 2.16. The van der Waals surface area contributed by atoms with Crippen LogP contribution in [0.4, 0.5) is 0 Å². The van der Waals surface area contributed by atoms with Crippen LogP contribution in [0.2, 0.25) is 0 Å². The van der Waals surface area contributed by atoms with Gasteiger partial charge in [-0.15, -0.1) is 0 Å². The molecule has 1 N–H and O–H groups in total. The van der Waals surface area contributed by atoms with Crippen molar-refractivity contribution in [2.75, 3.05) is 7.11 Å². The lowest BCUT2D eigenvalue weighted by atomic mass is 10.1. The van der Waals surface area contributed by atoms with E-state index in [1.54, 1.807) is 18.2 Å². The number of aromatic nitrogens is 2. The van der Waals surface area contributed by atoms with Crippen molar-refractivity contribution >= 4 is 27.8 Å². The lowest BCUT2D eigenvalue weighted by molar-refractivity contribution is 0.0601. The zero-order valence-electron chi connectivity index (χ0n) is 9.39. The molecular weight excluding hydrogens is 236 g/mol. The summed E-state index contributed by atoms with van der Waals surface area (Å²) in [6.45, 7) is 0. The molecule has 0 radical (unpaired) electrons. The zero-order valence-corrected chi connectivity index (χ0v) is 9.39. The molecule has 6 nitrogen and oxygen atoms in total. The molecule has 0 atom stereocenters. The van der Waals surface area contributed by atoms with Gasteiger partial charge >= 0.3 is 11.6 Å². The Morgan fingerprint density at radius 3 is 3.00 bits per heavy atom. The first kappa shape index (κ1) is 10.5. The van der Waals surface area contributed by atoms with Crippen LogP contribution >= 0.6 is 0 Å². The van der Waals surface area contributed by atoms with E-state index >= 15 is 0 Å². The molecule has 0 saturated heterocycles. The summed E-state index contributed by atoms with van der Waals surface area (Å²) >= 11 is 0. The number of aromatic amines is 1. The number of esters is 1. The number of carbonyl (C=O) groups is 1. The molecule has 0 fully saturated rings.